The van der Waals surface area contributed by atoms with Crippen LogP contribution >= 0.6 is 0 Å². The molecule has 0 spiro atoms. The van der Waals surface area contributed by atoms with Crippen molar-refractivity contribution in [3.05, 3.63) is 59.2 Å². The molecule has 128 valence electrons. The third-order valence-electron chi connectivity index (χ3n) is 3.83. The molecule has 0 bridgehead atoms. The van der Waals surface area contributed by atoms with E-state index in [0.717, 1.165) is 35.4 Å². The first-order valence-electron chi connectivity index (χ1n) is 7.57. The Hall–Kier alpha value is -1.99. The van der Waals surface area contributed by atoms with Gasteiger partial charge in [0, 0.05) is 12.5 Å². The highest BCUT2D eigenvalue weighted by molar-refractivity contribution is 7.89. The van der Waals surface area contributed by atoms with Gasteiger partial charge < -0.3 is 4.74 Å². The average molecular weight is 353 g/mol. The maximum absolute atomic E-state index is 13.7. The van der Waals surface area contributed by atoms with Crippen LogP contribution in [0.3, 0.4) is 0 Å². The van der Waals surface area contributed by atoms with Gasteiger partial charge in [0.2, 0.25) is 10.0 Å². The SMILES string of the molecule is CC(Cc1ccc2c(c1)CCO2)NS(=O)(=O)c1cc(F)ccc1F. The Morgan fingerprint density at radius 3 is 2.79 bits per heavy atom. The van der Waals surface area contributed by atoms with Crippen molar-refractivity contribution in [1.29, 1.82) is 0 Å². The van der Waals surface area contributed by atoms with E-state index < -0.39 is 32.6 Å². The standard InChI is InChI=1S/C17H17F2NO3S/c1-11(8-12-2-5-16-13(9-12)6-7-23-16)20-24(21,22)17-10-14(18)3-4-15(17)19/h2-5,9-11,20H,6-8H2,1H3. The molecule has 1 aliphatic rings. The fourth-order valence-electron chi connectivity index (χ4n) is 2.77. The van der Waals surface area contributed by atoms with Crippen LogP contribution in [-0.2, 0) is 22.9 Å². The zero-order valence-electron chi connectivity index (χ0n) is 13.1. The van der Waals surface area contributed by atoms with Crippen molar-refractivity contribution in [1.82, 2.24) is 4.72 Å². The lowest BCUT2D eigenvalue weighted by molar-refractivity contribution is 0.357. The van der Waals surface area contributed by atoms with Crippen molar-refractivity contribution < 1.29 is 21.9 Å². The average Bonchev–Trinajstić information content (AvgIpc) is 2.96. The smallest absolute Gasteiger partial charge is 0.243 e. The van der Waals surface area contributed by atoms with Crippen LogP contribution in [0, 0.1) is 11.6 Å². The number of hydrogen-bond acceptors (Lipinski definition) is 3. The van der Waals surface area contributed by atoms with E-state index in [2.05, 4.69) is 4.72 Å². The molecule has 0 fully saturated rings. The summed E-state index contributed by atoms with van der Waals surface area (Å²) >= 11 is 0. The van der Waals surface area contributed by atoms with Gasteiger partial charge >= 0.3 is 0 Å². The van der Waals surface area contributed by atoms with E-state index in [0.29, 0.717) is 19.1 Å². The molecular formula is C17H17F2NO3S. The summed E-state index contributed by atoms with van der Waals surface area (Å²) in [7, 11) is -4.13. The van der Waals surface area contributed by atoms with Gasteiger partial charge in [0.15, 0.2) is 0 Å². The van der Waals surface area contributed by atoms with Crippen LogP contribution in [-0.4, -0.2) is 21.1 Å². The number of hydrogen-bond donors (Lipinski definition) is 1. The van der Waals surface area contributed by atoms with E-state index in [4.69, 9.17) is 4.74 Å². The lowest BCUT2D eigenvalue weighted by atomic mass is 10.0. The Balaban J connectivity index is 1.74. The van der Waals surface area contributed by atoms with Crippen LogP contribution < -0.4 is 9.46 Å². The highest BCUT2D eigenvalue weighted by atomic mass is 32.2. The predicted octanol–water partition coefficient (Wildman–Crippen LogP) is 2.81. The second-order valence-corrected chi connectivity index (χ2v) is 7.52. The second-order valence-electron chi connectivity index (χ2n) is 5.84. The molecule has 0 aliphatic carbocycles. The molecule has 1 unspecified atom stereocenters. The van der Waals surface area contributed by atoms with Crippen molar-refractivity contribution >= 4 is 10.0 Å². The maximum Gasteiger partial charge on any atom is 0.243 e. The Labute approximate surface area is 139 Å². The van der Waals surface area contributed by atoms with Gasteiger partial charge in [-0.25, -0.2) is 21.9 Å². The summed E-state index contributed by atoms with van der Waals surface area (Å²) in [6.07, 6.45) is 1.27. The minimum atomic E-state index is -4.13. The van der Waals surface area contributed by atoms with E-state index in [1.165, 1.54) is 0 Å². The van der Waals surface area contributed by atoms with Gasteiger partial charge in [-0.2, -0.15) is 0 Å². The van der Waals surface area contributed by atoms with Gasteiger partial charge in [0.05, 0.1) is 6.61 Å². The number of ether oxygens (including phenoxy) is 1. The number of sulfonamides is 1. The highest BCUT2D eigenvalue weighted by Crippen LogP contribution is 2.26. The van der Waals surface area contributed by atoms with E-state index in [1.807, 2.05) is 18.2 Å². The Bertz CT molecular complexity index is 868. The van der Waals surface area contributed by atoms with Crippen LogP contribution in [0.25, 0.3) is 0 Å². The normalized spacial score (nSPS) is 15.0. The van der Waals surface area contributed by atoms with Crippen LogP contribution in [0.5, 0.6) is 5.75 Å². The number of nitrogens with one attached hydrogen (secondary N) is 1. The summed E-state index contributed by atoms with van der Waals surface area (Å²) in [4.78, 5) is -0.684. The van der Waals surface area contributed by atoms with Crippen molar-refractivity contribution in [2.45, 2.75) is 30.7 Å². The van der Waals surface area contributed by atoms with E-state index in [-0.39, 0.29) is 0 Å². The Morgan fingerprint density at radius 2 is 2.00 bits per heavy atom. The first kappa shape index (κ1) is 16.9. The summed E-state index contributed by atoms with van der Waals surface area (Å²) in [6.45, 7) is 2.33. The molecule has 0 aromatic heterocycles. The number of halogens is 2. The zero-order chi connectivity index (χ0) is 17.3. The molecule has 1 heterocycles. The van der Waals surface area contributed by atoms with Crippen molar-refractivity contribution in [2.24, 2.45) is 0 Å². The molecule has 2 aromatic rings. The summed E-state index contributed by atoms with van der Waals surface area (Å²) in [6, 6.07) is 7.60. The fraction of sp³-hybridized carbons (Fsp3) is 0.294. The third-order valence-corrected chi connectivity index (χ3v) is 5.44. The molecule has 1 aliphatic heterocycles. The molecule has 4 nitrogen and oxygen atoms in total. The van der Waals surface area contributed by atoms with Gasteiger partial charge in [-0.3, -0.25) is 0 Å². The van der Waals surface area contributed by atoms with Gasteiger partial charge in [-0.1, -0.05) is 12.1 Å². The molecule has 1 N–H and O–H groups in total. The molecule has 3 rings (SSSR count). The fourth-order valence-corrected chi connectivity index (χ4v) is 4.11. The van der Waals surface area contributed by atoms with Crippen LogP contribution in [0.4, 0.5) is 8.78 Å². The summed E-state index contributed by atoms with van der Waals surface area (Å²) in [5.74, 6) is -0.928. The van der Waals surface area contributed by atoms with Crippen LogP contribution in [0.15, 0.2) is 41.3 Å². The monoisotopic (exact) mass is 353 g/mol. The largest absolute Gasteiger partial charge is 0.493 e. The number of benzene rings is 2. The van der Waals surface area contributed by atoms with Gasteiger partial charge in [-0.15, -0.1) is 0 Å². The molecule has 0 saturated carbocycles. The molecule has 24 heavy (non-hydrogen) atoms. The van der Waals surface area contributed by atoms with E-state index >= 15 is 0 Å². The van der Waals surface area contributed by atoms with Gasteiger partial charge in [0.1, 0.15) is 22.3 Å². The predicted molar refractivity (Wildman–Crippen MR) is 85.5 cm³/mol. The second kappa shape index (κ2) is 6.49. The van der Waals surface area contributed by atoms with Gasteiger partial charge in [0.25, 0.3) is 0 Å². The quantitative estimate of drug-likeness (QED) is 0.899. The molecule has 0 radical (unpaired) electrons. The highest BCUT2D eigenvalue weighted by Gasteiger charge is 2.22. The molecule has 2 aromatic carbocycles. The summed E-state index contributed by atoms with van der Waals surface area (Å²) in [5.41, 5.74) is 2.05. The van der Waals surface area contributed by atoms with Gasteiger partial charge in [-0.05, 0) is 48.7 Å². The molecule has 1 atom stereocenters. The third kappa shape index (κ3) is 3.57. The van der Waals surface area contributed by atoms with Crippen molar-refractivity contribution in [3.63, 3.8) is 0 Å². The lowest BCUT2D eigenvalue weighted by Gasteiger charge is -2.15. The molecule has 0 saturated heterocycles. The van der Waals surface area contributed by atoms with Crippen molar-refractivity contribution in [3.8, 4) is 5.75 Å². The number of fused-ring (bicyclic) bond motifs is 1. The molecule has 0 amide bonds. The van der Waals surface area contributed by atoms with Crippen molar-refractivity contribution in [2.75, 3.05) is 6.61 Å². The lowest BCUT2D eigenvalue weighted by Crippen LogP contribution is -2.34. The van der Waals surface area contributed by atoms with E-state index in [9.17, 15) is 17.2 Å². The summed E-state index contributed by atoms with van der Waals surface area (Å²) < 4.78 is 59.2. The van der Waals surface area contributed by atoms with Crippen LogP contribution in [0.1, 0.15) is 18.1 Å². The first-order chi connectivity index (χ1) is 11.3. The molecular weight excluding hydrogens is 336 g/mol. The number of rotatable bonds is 5. The van der Waals surface area contributed by atoms with Crippen LogP contribution in [0.2, 0.25) is 0 Å². The topological polar surface area (TPSA) is 55.4 Å². The zero-order valence-corrected chi connectivity index (χ0v) is 13.9. The van der Waals surface area contributed by atoms with E-state index in [1.54, 1.807) is 6.92 Å². The maximum atomic E-state index is 13.7. The first-order valence-corrected chi connectivity index (χ1v) is 9.05. The Morgan fingerprint density at radius 1 is 1.21 bits per heavy atom. The minimum Gasteiger partial charge on any atom is -0.493 e. The molecule has 7 heteroatoms. The minimum absolute atomic E-state index is 0.434. The Kier molecular flexibility index (Phi) is 4.56. The summed E-state index contributed by atoms with van der Waals surface area (Å²) in [5, 5.41) is 0.